The predicted octanol–water partition coefficient (Wildman–Crippen LogP) is 3.64. The molecule has 7 nitrogen and oxygen atoms in total. The average molecular weight is 435 g/mol. The zero-order chi connectivity index (χ0) is 19.4. The van der Waals surface area contributed by atoms with E-state index in [-0.39, 0.29) is 11.9 Å². The Hall–Kier alpha value is -2.35. The van der Waals surface area contributed by atoms with Crippen LogP contribution in [0.4, 0.5) is 4.79 Å². The van der Waals surface area contributed by atoms with Crippen LogP contribution in [0.15, 0.2) is 34.9 Å². The number of methoxy groups -OCH3 is 1. The van der Waals surface area contributed by atoms with E-state index in [2.05, 4.69) is 36.0 Å². The number of hydrogen-bond acceptors (Lipinski definition) is 4. The van der Waals surface area contributed by atoms with Crippen molar-refractivity contribution in [3.63, 3.8) is 0 Å². The van der Waals surface area contributed by atoms with Gasteiger partial charge < -0.3 is 19.9 Å². The van der Waals surface area contributed by atoms with E-state index in [0.717, 1.165) is 34.4 Å². The van der Waals surface area contributed by atoms with Crippen LogP contribution in [-0.4, -0.2) is 46.6 Å². The first-order chi connectivity index (χ1) is 13.0. The van der Waals surface area contributed by atoms with Crippen molar-refractivity contribution in [2.24, 2.45) is 0 Å². The molecule has 0 aliphatic carbocycles. The summed E-state index contributed by atoms with van der Waals surface area (Å²) in [5.74, 6) is 0.665. The van der Waals surface area contributed by atoms with E-state index in [9.17, 15) is 9.59 Å². The highest BCUT2D eigenvalue weighted by molar-refractivity contribution is 9.10. The van der Waals surface area contributed by atoms with E-state index in [1.165, 1.54) is 7.11 Å². The molecule has 8 heteroatoms. The van der Waals surface area contributed by atoms with Gasteiger partial charge in [-0.3, -0.25) is 4.79 Å². The van der Waals surface area contributed by atoms with Crippen molar-refractivity contribution in [3.05, 3.63) is 40.8 Å². The van der Waals surface area contributed by atoms with Crippen LogP contribution in [0.2, 0.25) is 0 Å². The Morgan fingerprint density at radius 2 is 2.15 bits per heavy atom. The van der Waals surface area contributed by atoms with Gasteiger partial charge in [0.25, 0.3) is 0 Å². The second-order valence-electron chi connectivity index (χ2n) is 6.48. The van der Waals surface area contributed by atoms with Crippen LogP contribution in [0, 0.1) is 0 Å². The summed E-state index contributed by atoms with van der Waals surface area (Å²) in [6.07, 6.45) is 3.44. The molecule has 27 heavy (non-hydrogen) atoms. The summed E-state index contributed by atoms with van der Waals surface area (Å²) < 4.78 is 5.64. The molecule has 0 radical (unpaired) electrons. The van der Waals surface area contributed by atoms with E-state index in [0.29, 0.717) is 13.0 Å². The first-order valence-electron chi connectivity index (χ1n) is 8.99. The van der Waals surface area contributed by atoms with Gasteiger partial charge in [0.1, 0.15) is 11.9 Å². The van der Waals surface area contributed by atoms with E-state index in [4.69, 9.17) is 0 Å². The molecule has 2 N–H and O–H groups in total. The largest absolute Gasteiger partial charge is 0.453 e. The van der Waals surface area contributed by atoms with Gasteiger partial charge in [-0.15, -0.1) is 0 Å². The molecule has 0 spiro atoms. The van der Waals surface area contributed by atoms with Crippen LogP contribution in [0.25, 0.3) is 11.3 Å². The Morgan fingerprint density at radius 3 is 2.81 bits per heavy atom. The van der Waals surface area contributed by atoms with Gasteiger partial charge in [-0.25, -0.2) is 9.78 Å². The normalized spacial score (nSPS) is 17.6. The minimum Gasteiger partial charge on any atom is -0.453 e. The SMILES string of the molecule is CCC(NC(=O)OC)C(=O)N1CCC[C@H]1c1ncc(-c2ccc(Br)cc2)[nH]1. The van der Waals surface area contributed by atoms with Gasteiger partial charge in [0.2, 0.25) is 5.91 Å². The maximum Gasteiger partial charge on any atom is 0.407 e. The zero-order valence-corrected chi connectivity index (χ0v) is 17.0. The van der Waals surface area contributed by atoms with E-state index < -0.39 is 12.1 Å². The molecule has 0 saturated carbocycles. The van der Waals surface area contributed by atoms with Gasteiger partial charge in [-0.1, -0.05) is 35.0 Å². The average Bonchev–Trinajstić information content (AvgIpc) is 3.35. The third-order valence-corrected chi connectivity index (χ3v) is 5.31. The molecule has 2 aromatic rings. The number of H-pyrrole nitrogens is 1. The van der Waals surface area contributed by atoms with E-state index in [1.807, 2.05) is 31.2 Å². The summed E-state index contributed by atoms with van der Waals surface area (Å²) >= 11 is 3.43. The number of likely N-dealkylation sites (tertiary alicyclic amines) is 1. The third kappa shape index (κ3) is 4.32. The quantitative estimate of drug-likeness (QED) is 0.751. The Bertz CT molecular complexity index is 806. The Balaban J connectivity index is 1.77. The number of ether oxygens (including phenoxy) is 1. The third-order valence-electron chi connectivity index (χ3n) is 4.79. The molecule has 0 bridgehead atoms. The van der Waals surface area contributed by atoms with Crippen LogP contribution >= 0.6 is 15.9 Å². The molecule has 1 aromatic carbocycles. The lowest BCUT2D eigenvalue weighted by molar-refractivity contribution is -0.134. The summed E-state index contributed by atoms with van der Waals surface area (Å²) in [7, 11) is 1.29. The molecule has 1 fully saturated rings. The minimum atomic E-state index is -0.598. The summed E-state index contributed by atoms with van der Waals surface area (Å²) in [6.45, 7) is 2.51. The number of halogens is 1. The molecule has 1 saturated heterocycles. The first kappa shape index (κ1) is 19.4. The molecule has 1 aromatic heterocycles. The Morgan fingerprint density at radius 1 is 1.41 bits per heavy atom. The number of nitrogens with one attached hydrogen (secondary N) is 2. The smallest absolute Gasteiger partial charge is 0.407 e. The predicted molar refractivity (Wildman–Crippen MR) is 105 cm³/mol. The van der Waals surface area contributed by atoms with Gasteiger partial charge in [0, 0.05) is 11.0 Å². The monoisotopic (exact) mass is 434 g/mol. The van der Waals surface area contributed by atoms with Crippen LogP contribution in [0.5, 0.6) is 0 Å². The van der Waals surface area contributed by atoms with Crippen LogP contribution in [0.3, 0.4) is 0 Å². The van der Waals surface area contributed by atoms with Gasteiger partial charge in [0.15, 0.2) is 0 Å². The number of aromatic amines is 1. The molecule has 144 valence electrons. The number of nitrogens with zero attached hydrogens (tertiary/aromatic N) is 2. The fourth-order valence-corrected chi connectivity index (χ4v) is 3.60. The van der Waals surface area contributed by atoms with Gasteiger partial charge >= 0.3 is 6.09 Å². The van der Waals surface area contributed by atoms with Crippen LogP contribution < -0.4 is 5.32 Å². The lowest BCUT2D eigenvalue weighted by Gasteiger charge is -2.27. The highest BCUT2D eigenvalue weighted by Crippen LogP contribution is 2.32. The fraction of sp³-hybridized carbons (Fsp3) is 0.421. The highest BCUT2D eigenvalue weighted by Gasteiger charge is 2.35. The summed E-state index contributed by atoms with van der Waals surface area (Å²) in [5, 5.41) is 2.61. The Labute approximate surface area is 166 Å². The number of hydrogen-bond donors (Lipinski definition) is 2. The maximum absolute atomic E-state index is 12.9. The lowest BCUT2D eigenvalue weighted by atomic mass is 10.1. The maximum atomic E-state index is 12.9. The number of benzene rings is 1. The minimum absolute atomic E-state index is 0.105. The van der Waals surface area contributed by atoms with Crippen molar-refractivity contribution in [1.82, 2.24) is 20.2 Å². The standard InChI is InChI=1S/C19H23BrN4O3/c1-3-14(23-19(26)27-2)18(25)24-10-4-5-16(24)17-21-11-15(22-17)12-6-8-13(20)9-7-12/h6-9,11,14,16H,3-5,10H2,1-2H3,(H,21,22)(H,23,26)/t14?,16-/m0/s1. The van der Waals surface area contributed by atoms with Crippen LogP contribution in [0.1, 0.15) is 38.1 Å². The number of carbonyl (C=O) groups is 2. The molecule has 3 rings (SSSR count). The molecule has 2 amide bonds. The fourth-order valence-electron chi connectivity index (χ4n) is 3.34. The summed E-state index contributed by atoms with van der Waals surface area (Å²) in [4.78, 5) is 34.1. The van der Waals surface area contributed by atoms with E-state index >= 15 is 0 Å². The molecule has 2 heterocycles. The van der Waals surface area contributed by atoms with Gasteiger partial charge in [-0.2, -0.15) is 0 Å². The summed E-state index contributed by atoms with van der Waals surface area (Å²) in [6, 6.07) is 7.25. The van der Waals surface area contributed by atoms with Crippen molar-refractivity contribution in [2.45, 2.75) is 38.3 Å². The number of alkyl carbamates (subject to hydrolysis) is 1. The van der Waals surface area contributed by atoms with Crippen molar-refractivity contribution in [2.75, 3.05) is 13.7 Å². The van der Waals surface area contributed by atoms with Crippen LogP contribution in [-0.2, 0) is 9.53 Å². The lowest BCUT2D eigenvalue weighted by Crippen LogP contribution is -2.48. The van der Waals surface area contributed by atoms with Crippen molar-refractivity contribution < 1.29 is 14.3 Å². The molecular formula is C19H23BrN4O3. The Kier molecular flexibility index (Phi) is 6.15. The second-order valence-corrected chi connectivity index (χ2v) is 7.39. The van der Waals surface area contributed by atoms with Crippen molar-refractivity contribution in [3.8, 4) is 11.3 Å². The zero-order valence-electron chi connectivity index (χ0n) is 15.4. The highest BCUT2D eigenvalue weighted by atomic mass is 79.9. The number of rotatable bonds is 5. The second kappa shape index (κ2) is 8.56. The topological polar surface area (TPSA) is 87.3 Å². The molecule has 2 atom stereocenters. The molecule has 1 aliphatic heterocycles. The van der Waals surface area contributed by atoms with Gasteiger partial charge in [-0.05, 0) is 37.0 Å². The number of carbonyl (C=O) groups excluding carboxylic acids is 2. The molecular weight excluding hydrogens is 412 g/mol. The van der Waals surface area contributed by atoms with Gasteiger partial charge in [0.05, 0.1) is 25.0 Å². The van der Waals surface area contributed by atoms with Crippen molar-refractivity contribution in [1.29, 1.82) is 0 Å². The molecule has 1 unspecified atom stereocenters. The first-order valence-corrected chi connectivity index (χ1v) is 9.78. The summed E-state index contributed by atoms with van der Waals surface area (Å²) in [5.41, 5.74) is 1.95. The number of amides is 2. The number of aromatic nitrogens is 2. The van der Waals surface area contributed by atoms with Crippen molar-refractivity contribution >= 4 is 27.9 Å². The number of imidazole rings is 1. The van der Waals surface area contributed by atoms with E-state index in [1.54, 1.807) is 11.1 Å². The molecule has 1 aliphatic rings.